The Bertz CT molecular complexity index is 489. The number of fused-ring (bicyclic) bond motifs is 1. The van der Waals surface area contributed by atoms with E-state index in [1.807, 2.05) is 36.4 Å². The Morgan fingerprint density at radius 1 is 1.32 bits per heavy atom. The number of hydrogen-bond acceptors (Lipinski definition) is 4. The highest BCUT2D eigenvalue weighted by molar-refractivity contribution is 5.16. The van der Waals surface area contributed by atoms with Crippen molar-refractivity contribution in [3.8, 4) is 0 Å². The third kappa shape index (κ3) is 3.25. The van der Waals surface area contributed by atoms with Crippen molar-refractivity contribution in [2.45, 2.75) is 50.0 Å². The van der Waals surface area contributed by atoms with Crippen LogP contribution in [-0.4, -0.2) is 31.7 Å². The highest BCUT2D eigenvalue weighted by Crippen LogP contribution is 2.39. The quantitative estimate of drug-likeness (QED) is 0.779. The van der Waals surface area contributed by atoms with E-state index in [0.717, 1.165) is 31.2 Å². The first-order valence-electron chi connectivity index (χ1n) is 7.92. The molecule has 0 aliphatic carbocycles. The van der Waals surface area contributed by atoms with Crippen molar-refractivity contribution >= 4 is 0 Å². The van der Waals surface area contributed by atoms with E-state index in [9.17, 15) is 0 Å². The first-order chi connectivity index (χ1) is 10.8. The van der Waals surface area contributed by atoms with E-state index in [0.29, 0.717) is 6.61 Å². The van der Waals surface area contributed by atoms with Crippen LogP contribution in [0.1, 0.15) is 37.5 Å². The maximum absolute atomic E-state index is 6.19. The van der Waals surface area contributed by atoms with Gasteiger partial charge in [0.25, 0.3) is 0 Å². The van der Waals surface area contributed by atoms with Gasteiger partial charge in [-0.3, -0.25) is 0 Å². The van der Waals surface area contributed by atoms with E-state index in [4.69, 9.17) is 18.9 Å². The minimum atomic E-state index is -0.526. The van der Waals surface area contributed by atoms with Crippen LogP contribution < -0.4 is 0 Å². The number of benzene rings is 1. The number of methoxy groups -OCH3 is 1. The third-order valence-corrected chi connectivity index (χ3v) is 4.47. The summed E-state index contributed by atoms with van der Waals surface area (Å²) in [6.07, 6.45) is 5.04. The summed E-state index contributed by atoms with van der Waals surface area (Å²) in [7, 11) is 1.71. The van der Waals surface area contributed by atoms with Crippen LogP contribution in [0.4, 0.5) is 0 Å². The number of allylic oxidation sites excluding steroid dienone is 1. The van der Waals surface area contributed by atoms with Gasteiger partial charge >= 0.3 is 0 Å². The molecule has 0 unspecified atom stereocenters. The van der Waals surface area contributed by atoms with Crippen molar-refractivity contribution in [2.24, 2.45) is 0 Å². The molecule has 0 N–H and O–H groups in total. The summed E-state index contributed by atoms with van der Waals surface area (Å²) in [4.78, 5) is 0. The highest BCUT2D eigenvalue weighted by atomic mass is 16.7. The van der Waals surface area contributed by atoms with Gasteiger partial charge in [0.1, 0.15) is 6.10 Å². The predicted octanol–water partition coefficient (Wildman–Crippen LogP) is 3.59. The van der Waals surface area contributed by atoms with Gasteiger partial charge in [0, 0.05) is 25.5 Å². The molecule has 0 amide bonds. The average molecular weight is 304 g/mol. The van der Waals surface area contributed by atoms with Gasteiger partial charge in [-0.05, 0) is 12.8 Å². The van der Waals surface area contributed by atoms with Gasteiger partial charge in [0.05, 0.1) is 12.7 Å². The molecule has 2 aliphatic heterocycles. The molecule has 4 heteroatoms. The van der Waals surface area contributed by atoms with Crippen LogP contribution in [0.5, 0.6) is 0 Å². The minimum Gasteiger partial charge on any atom is -0.353 e. The van der Waals surface area contributed by atoms with E-state index in [2.05, 4.69) is 6.58 Å². The molecule has 2 saturated heterocycles. The van der Waals surface area contributed by atoms with Gasteiger partial charge in [0.15, 0.2) is 12.1 Å². The molecule has 4 atom stereocenters. The molecule has 0 aromatic heterocycles. The van der Waals surface area contributed by atoms with Gasteiger partial charge in [-0.15, -0.1) is 6.58 Å². The lowest BCUT2D eigenvalue weighted by atomic mass is 9.94. The van der Waals surface area contributed by atoms with E-state index < -0.39 is 5.79 Å². The Hall–Kier alpha value is -1.20. The van der Waals surface area contributed by atoms with Crippen molar-refractivity contribution in [1.82, 2.24) is 0 Å². The molecule has 1 aromatic carbocycles. The zero-order chi connectivity index (χ0) is 15.4. The lowest BCUT2D eigenvalue weighted by Crippen LogP contribution is -2.53. The Balaban J connectivity index is 1.64. The van der Waals surface area contributed by atoms with Crippen LogP contribution in [0.25, 0.3) is 0 Å². The predicted molar refractivity (Wildman–Crippen MR) is 83.3 cm³/mol. The summed E-state index contributed by atoms with van der Waals surface area (Å²) in [5.74, 6) is -0.526. The fraction of sp³-hybridized carbons (Fsp3) is 0.556. The lowest BCUT2D eigenvalue weighted by Gasteiger charge is -2.47. The van der Waals surface area contributed by atoms with Crippen LogP contribution in [-0.2, 0) is 18.9 Å². The second-order valence-electron chi connectivity index (χ2n) is 5.89. The van der Waals surface area contributed by atoms with Gasteiger partial charge in [0.2, 0.25) is 0 Å². The topological polar surface area (TPSA) is 36.9 Å². The smallest absolute Gasteiger partial charge is 0.184 e. The maximum Gasteiger partial charge on any atom is 0.184 e. The maximum atomic E-state index is 6.19. The number of rotatable bonds is 5. The first-order valence-corrected chi connectivity index (χ1v) is 7.92. The molecule has 0 bridgehead atoms. The largest absolute Gasteiger partial charge is 0.353 e. The zero-order valence-electron chi connectivity index (χ0n) is 13.1. The Labute approximate surface area is 132 Å². The SMILES string of the molecule is C=CCC[C@@]1(OC)CC[C@@H]2O[C@H](c3ccccc3)OC[C@H]2O1. The molecule has 4 nitrogen and oxygen atoms in total. The average Bonchev–Trinajstić information content (AvgIpc) is 2.60. The molecule has 0 radical (unpaired) electrons. The summed E-state index contributed by atoms with van der Waals surface area (Å²) >= 11 is 0. The van der Waals surface area contributed by atoms with Crippen molar-refractivity contribution < 1.29 is 18.9 Å². The standard InChI is InChI=1S/C18H24O4/c1-3-4-11-18(19-2)12-10-15-16(22-18)13-20-17(21-15)14-8-6-5-7-9-14/h3,5-9,15-17H,1,4,10-13H2,2H3/t15-,16+,17+,18-/m0/s1. The minimum absolute atomic E-state index is 0.0611. The fourth-order valence-electron chi connectivity index (χ4n) is 3.18. The lowest BCUT2D eigenvalue weighted by molar-refractivity contribution is -0.351. The van der Waals surface area contributed by atoms with Crippen molar-refractivity contribution in [3.05, 3.63) is 48.6 Å². The molecule has 0 saturated carbocycles. The van der Waals surface area contributed by atoms with Gasteiger partial charge < -0.3 is 18.9 Å². The van der Waals surface area contributed by atoms with Gasteiger partial charge in [-0.25, -0.2) is 0 Å². The molecular formula is C18H24O4. The van der Waals surface area contributed by atoms with Crippen molar-refractivity contribution in [1.29, 1.82) is 0 Å². The zero-order valence-corrected chi connectivity index (χ0v) is 13.1. The van der Waals surface area contributed by atoms with Crippen LogP contribution in [0.15, 0.2) is 43.0 Å². The fourth-order valence-corrected chi connectivity index (χ4v) is 3.18. The van der Waals surface area contributed by atoms with Crippen LogP contribution in [0.3, 0.4) is 0 Å². The van der Waals surface area contributed by atoms with E-state index in [-0.39, 0.29) is 18.5 Å². The molecule has 3 rings (SSSR count). The highest BCUT2D eigenvalue weighted by Gasteiger charge is 2.45. The molecule has 22 heavy (non-hydrogen) atoms. The molecule has 120 valence electrons. The van der Waals surface area contributed by atoms with E-state index in [1.165, 1.54) is 0 Å². The molecule has 2 heterocycles. The van der Waals surface area contributed by atoms with Crippen molar-refractivity contribution in [3.63, 3.8) is 0 Å². The summed E-state index contributed by atoms with van der Waals surface area (Å²) in [5, 5.41) is 0. The summed E-state index contributed by atoms with van der Waals surface area (Å²) in [5.41, 5.74) is 1.05. The van der Waals surface area contributed by atoms with E-state index in [1.54, 1.807) is 7.11 Å². The molecule has 1 aromatic rings. The van der Waals surface area contributed by atoms with Crippen LogP contribution in [0, 0.1) is 0 Å². The first kappa shape index (κ1) is 15.7. The van der Waals surface area contributed by atoms with Crippen LogP contribution >= 0.6 is 0 Å². The Kier molecular flexibility index (Phi) is 4.93. The van der Waals surface area contributed by atoms with Gasteiger partial charge in [-0.1, -0.05) is 36.4 Å². The number of ether oxygens (including phenoxy) is 4. The monoisotopic (exact) mass is 304 g/mol. The summed E-state index contributed by atoms with van der Waals surface area (Å²) < 4.78 is 23.8. The molecule has 2 aliphatic rings. The molecule has 0 spiro atoms. The summed E-state index contributed by atoms with van der Waals surface area (Å²) in [6.45, 7) is 4.31. The number of hydrogen-bond donors (Lipinski definition) is 0. The van der Waals surface area contributed by atoms with E-state index >= 15 is 0 Å². The summed E-state index contributed by atoms with van der Waals surface area (Å²) in [6, 6.07) is 10.0. The van der Waals surface area contributed by atoms with Crippen LogP contribution in [0.2, 0.25) is 0 Å². The Morgan fingerprint density at radius 3 is 2.86 bits per heavy atom. The molecule has 2 fully saturated rings. The molecular weight excluding hydrogens is 280 g/mol. The second kappa shape index (κ2) is 6.92. The normalized spacial score (nSPS) is 34.9. The van der Waals surface area contributed by atoms with Crippen molar-refractivity contribution in [2.75, 3.05) is 13.7 Å². The second-order valence-corrected chi connectivity index (χ2v) is 5.89. The van der Waals surface area contributed by atoms with Gasteiger partial charge in [-0.2, -0.15) is 0 Å². The Morgan fingerprint density at radius 2 is 2.14 bits per heavy atom. The third-order valence-electron chi connectivity index (χ3n) is 4.47.